The van der Waals surface area contributed by atoms with Gasteiger partial charge in [-0.2, -0.15) is 8.42 Å². The van der Waals surface area contributed by atoms with Gasteiger partial charge in [0.1, 0.15) is 0 Å². The van der Waals surface area contributed by atoms with Crippen LogP contribution in [0.3, 0.4) is 0 Å². The Labute approximate surface area is 84.2 Å². The fraction of sp³-hybridized carbons (Fsp3) is 0.875. The minimum atomic E-state index is -4.28. The van der Waals surface area contributed by atoms with Crippen molar-refractivity contribution in [3.63, 3.8) is 0 Å². The highest BCUT2D eigenvalue weighted by molar-refractivity contribution is 7.86. The van der Waals surface area contributed by atoms with Gasteiger partial charge in [0.25, 0.3) is 0 Å². The van der Waals surface area contributed by atoms with E-state index in [4.69, 9.17) is 4.55 Å². The molecular formula is C8H16O5S. The highest BCUT2D eigenvalue weighted by Gasteiger charge is 2.24. The topological polar surface area (TPSA) is 80.7 Å². The minimum absolute atomic E-state index is 0.0523. The van der Waals surface area contributed by atoms with Crippen molar-refractivity contribution in [1.29, 1.82) is 0 Å². The summed E-state index contributed by atoms with van der Waals surface area (Å²) in [6.45, 7) is 3.43. The normalized spacial score (nSPS) is 13.6. The summed E-state index contributed by atoms with van der Waals surface area (Å²) >= 11 is 0. The second-order valence-electron chi connectivity index (χ2n) is 2.95. The van der Waals surface area contributed by atoms with Gasteiger partial charge in [0.2, 0.25) is 5.44 Å². The van der Waals surface area contributed by atoms with Crippen molar-refractivity contribution in [3.05, 3.63) is 0 Å². The van der Waals surface area contributed by atoms with Gasteiger partial charge in [-0.05, 0) is 12.8 Å². The molecule has 1 atom stereocenters. The van der Waals surface area contributed by atoms with Crippen molar-refractivity contribution in [2.24, 2.45) is 0 Å². The van der Waals surface area contributed by atoms with E-state index in [1.807, 2.05) is 6.92 Å². The van der Waals surface area contributed by atoms with E-state index >= 15 is 0 Å². The summed E-state index contributed by atoms with van der Waals surface area (Å²) in [6.07, 6.45) is 1.72. The molecule has 0 bridgehead atoms. The molecule has 0 fully saturated rings. The average molecular weight is 224 g/mol. The number of hydrogen-bond donors (Lipinski definition) is 1. The van der Waals surface area contributed by atoms with E-state index in [-0.39, 0.29) is 12.8 Å². The van der Waals surface area contributed by atoms with Crippen molar-refractivity contribution in [3.8, 4) is 0 Å². The summed E-state index contributed by atoms with van der Waals surface area (Å²) in [4.78, 5) is 11.0. The van der Waals surface area contributed by atoms with Crippen LogP contribution in [0.15, 0.2) is 0 Å². The van der Waals surface area contributed by atoms with E-state index in [1.54, 1.807) is 0 Å². The second-order valence-corrected chi connectivity index (χ2v) is 4.50. The number of carbonyl (C=O) groups excluding carboxylic acids is 1. The zero-order valence-electron chi connectivity index (χ0n) is 8.39. The molecule has 0 heterocycles. The lowest BCUT2D eigenvalue weighted by Crippen LogP contribution is -2.26. The smallest absolute Gasteiger partial charge is 0.307 e. The first-order valence-corrected chi connectivity index (χ1v) is 6.07. The van der Waals surface area contributed by atoms with Gasteiger partial charge < -0.3 is 4.74 Å². The zero-order chi connectivity index (χ0) is 11.2. The summed E-state index contributed by atoms with van der Waals surface area (Å²) in [6, 6.07) is 0. The lowest BCUT2D eigenvalue weighted by molar-refractivity contribution is -0.145. The van der Waals surface area contributed by atoms with Crippen LogP contribution in [0.25, 0.3) is 0 Å². The molecule has 6 heteroatoms. The molecule has 0 aromatic heterocycles. The molecule has 0 aliphatic carbocycles. The zero-order valence-corrected chi connectivity index (χ0v) is 9.21. The fourth-order valence-corrected chi connectivity index (χ4v) is 1.53. The molecule has 1 unspecified atom stereocenters. The molecule has 14 heavy (non-hydrogen) atoms. The van der Waals surface area contributed by atoms with E-state index in [2.05, 4.69) is 4.74 Å². The molecule has 0 saturated carbocycles. The molecule has 0 saturated heterocycles. The van der Waals surface area contributed by atoms with Gasteiger partial charge in [0, 0.05) is 6.42 Å². The molecule has 0 rings (SSSR count). The van der Waals surface area contributed by atoms with E-state index in [1.165, 1.54) is 6.92 Å². The third kappa shape index (κ3) is 5.18. The SMILES string of the molecule is CCCCC(=O)OC(CC)S(=O)(=O)O. The Morgan fingerprint density at radius 3 is 2.36 bits per heavy atom. The van der Waals surface area contributed by atoms with Gasteiger partial charge in [-0.15, -0.1) is 0 Å². The predicted octanol–water partition coefficient (Wildman–Crippen LogP) is 1.34. The first-order valence-electron chi connectivity index (χ1n) is 4.57. The van der Waals surface area contributed by atoms with Crippen LogP contribution < -0.4 is 0 Å². The van der Waals surface area contributed by atoms with Gasteiger partial charge in [-0.1, -0.05) is 20.3 Å². The average Bonchev–Trinajstić information content (AvgIpc) is 2.08. The van der Waals surface area contributed by atoms with Gasteiger partial charge in [0.05, 0.1) is 0 Å². The Morgan fingerprint density at radius 2 is 2.00 bits per heavy atom. The van der Waals surface area contributed by atoms with Gasteiger partial charge in [0.15, 0.2) is 0 Å². The highest BCUT2D eigenvalue weighted by Crippen LogP contribution is 2.08. The molecule has 1 N–H and O–H groups in total. The number of hydrogen-bond acceptors (Lipinski definition) is 4. The van der Waals surface area contributed by atoms with Crippen molar-refractivity contribution >= 4 is 16.1 Å². The molecule has 0 aromatic carbocycles. The van der Waals surface area contributed by atoms with Crippen LogP contribution in [-0.2, 0) is 19.6 Å². The Morgan fingerprint density at radius 1 is 1.43 bits per heavy atom. The minimum Gasteiger partial charge on any atom is -0.443 e. The fourth-order valence-electron chi connectivity index (χ4n) is 0.881. The molecule has 5 nitrogen and oxygen atoms in total. The molecular weight excluding hydrogens is 208 g/mol. The molecule has 0 aliphatic rings. The first-order chi connectivity index (χ1) is 6.41. The Bertz CT molecular complexity index is 269. The third-order valence-electron chi connectivity index (χ3n) is 1.66. The largest absolute Gasteiger partial charge is 0.443 e. The van der Waals surface area contributed by atoms with E-state index in [0.29, 0.717) is 6.42 Å². The lowest BCUT2D eigenvalue weighted by Gasteiger charge is -2.12. The third-order valence-corrected chi connectivity index (χ3v) is 2.76. The molecule has 0 radical (unpaired) electrons. The van der Waals surface area contributed by atoms with Crippen LogP contribution in [0, 0.1) is 0 Å². The summed E-state index contributed by atoms with van der Waals surface area (Å²) in [5.74, 6) is -0.587. The van der Waals surface area contributed by atoms with Crippen LogP contribution in [-0.4, -0.2) is 24.4 Å². The van der Waals surface area contributed by atoms with Crippen molar-refractivity contribution in [2.45, 2.75) is 45.0 Å². The molecule has 0 aromatic rings. The standard InChI is InChI=1S/C8H16O5S/c1-3-5-6-7(9)13-8(4-2)14(10,11)12/h8H,3-6H2,1-2H3,(H,10,11,12). The molecule has 84 valence electrons. The number of ether oxygens (including phenoxy) is 1. The van der Waals surface area contributed by atoms with E-state index in [9.17, 15) is 13.2 Å². The van der Waals surface area contributed by atoms with Crippen LogP contribution in [0.1, 0.15) is 39.5 Å². The maximum absolute atomic E-state index is 11.0. The van der Waals surface area contributed by atoms with Crippen molar-refractivity contribution in [1.82, 2.24) is 0 Å². The molecule has 0 amide bonds. The Hall–Kier alpha value is -0.620. The quantitative estimate of drug-likeness (QED) is 0.544. The predicted molar refractivity (Wildman–Crippen MR) is 51.2 cm³/mol. The van der Waals surface area contributed by atoms with Gasteiger partial charge in [-0.25, -0.2) is 0 Å². The first kappa shape index (κ1) is 13.4. The van der Waals surface area contributed by atoms with Gasteiger partial charge >= 0.3 is 16.1 Å². The maximum atomic E-state index is 11.0. The van der Waals surface area contributed by atoms with Crippen LogP contribution in [0.5, 0.6) is 0 Å². The summed E-state index contributed by atoms with van der Waals surface area (Å²) in [7, 11) is -4.28. The lowest BCUT2D eigenvalue weighted by atomic mass is 10.2. The van der Waals surface area contributed by atoms with E-state index in [0.717, 1.165) is 6.42 Å². The van der Waals surface area contributed by atoms with Crippen LogP contribution in [0.2, 0.25) is 0 Å². The van der Waals surface area contributed by atoms with Crippen molar-refractivity contribution in [2.75, 3.05) is 0 Å². The molecule has 0 aliphatic heterocycles. The highest BCUT2D eigenvalue weighted by atomic mass is 32.2. The maximum Gasteiger partial charge on any atom is 0.307 e. The Balaban J connectivity index is 4.13. The summed E-state index contributed by atoms with van der Waals surface area (Å²) in [5.41, 5.74) is -1.42. The number of esters is 1. The van der Waals surface area contributed by atoms with Crippen LogP contribution in [0.4, 0.5) is 0 Å². The van der Waals surface area contributed by atoms with Gasteiger partial charge in [-0.3, -0.25) is 9.35 Å². The number of rotatable bonds is 6. The van der Waals surface area contributed by atoms with Crippen LogP contribution >= 0.6 is 0 Å². The van der Waals surface area contributed by atoms with Crippen molar-refractivity contribution < 1.29 is 22.5 Å². The van der Waals surface area contributed by atoms with E-state index < -0.39 is 21.5 Å². The Kier molecular flexibility index (Phi) is 5.71. The summed E-state index contributed by atoms with van der Waals surface area (Å²) < 4.78 is 34.5. The second kappa shape index (κ2) is 5.98. The number of unbranched alkanes of at least 4 members (excludes halogenated alkanes) is 1. The monoisotopic (exact) mass is 224 g/mol. The number of carbonyl (C=O) groups is 1. The summed E-state index contributed by atoms with van der Waals surface area (Å²) in [5, 5.41) is 0. The molecule has 0 spiro atoms.